The van der Waals surface area contributed by atoms with Gasteiger partial charge in [-0.25, -0.2) is 4.79 Å². The number of methoxy groups -OCH3 is 1. The number of halogens is 2. The van der Waals surface area contributed by atoms with Gasteiger partial charge in [0.15, 0.2) is 0 Å². The van der Waals surface area contributed by atoms with E-state index < -0.39 is 11.6 Å². The largest absolute Gasteiger partial charge is 0.497 e. The Balaban J connectivity index is 1.72. The molecule has 0 atom stereocenters. The normalized spacial score (nSPS) is 10.9. The molecule has 0 N–H and O–H groups in total. The molecule has 0 radical (unpaired) electrons. The van der Waals surface area contributed by atoms with Crippen molar-refractivity contribution in [1.82, 2.24) is 0 Å². The molecule has 0 aliphatic rings. The van der Waals surface area contributed by atoms with Crippen LogP contribution in [0.2, 0.25) is 5.02 Å². The predicted molar refractivity (Wildman–Crippen MR) is 132 cm³/mol. The summed E-state index contributed by atoms with van der Waals surface area (Å²) >= 11 is 9.71. The molecule has 4 rings (SSSR count). The van der Waals surface area contributed by atoms with Crippen LogP contribution in [0.5, 0.6) is 11.5 Å². The van der Waals surface area contributed by atoms with Crippen LogP contribution in [-0.2, 0) is 11.2 Å². The molecule has 0 aliphatic carbocycles. The summed E-state index contributed by atoms with van der Waals surface area (Å²) in [5.41, 5.74) is 2.54. The average Bonchev–Trinajstić information content (AvgIpc) is 2.80. The van der Waals surface area contributed by atoms with Crippen LogP contribution in [0.1, 0.15) is 17.5 Å². The standard InChI is InChI=1S/C26H20BrClO5/c1-15-12-20-22(14-21(15)28)32-26(30)25(24(20)17-4-3-5-18(27)13-17)33-23(29)11-8-16-6-9-19(31-2)10-7-16/h3-7,9-10,12-14H,8,11H2,1-2H3. The van der Waals surface area contributed by atoms with E-state index in [0.29, 0.717) is 33.5 Å². The van der Waals surface area contributed by atoms with E-state index in [1.807, 2.05) is 61.5 Å². The van der Waals surface area contributed by atoms with Gasteiger partial charge in [-0.3, -0.25) is 4.79 Å². The maximum absolute atomic E-state index is 12.9. The predicted octanol–water partition coefficient (Wildman–Crippen LogP) is 6.73. The molecule has 0 saturated heterocycles. The van der Waals surface area contributed by atoms with E-state index in [4.69, 9.17) is 25.5 Å². The molecule has 0 unspecified atom stereocenters. The molecule has 5 nitrogen and oxygen atoms in total. The molecule has 0 spiro atoms. The van der Waals surface area contributed by atoms with Crippen LogP contribution in [0, 0.1) is 6.92 Å². The van der Waals surface area contributed by atoms with E-state index >= 15 is 0 Å². The molecular formula is C26H20BrClO5. The Morgan fingerprint density at radius 3 is 2.55 bits per heavy atom. The monoisotopic (exact) mass is 526 g/mol. The van der Waals surface area contributed by atoms with Gasteiger partial charge in [0.2, 0.25) is 5.75 Å². The van der Waals surface area contributed by atoms with E-state index in [2.05, 4.69) is 15.9 Å². The van der Waals surface area contributed by atoms with Crippen molar-refractivity contribution in [1.29, 1.82) is 0 Å². The summed E-state index contributed by atoms with van der Waals surface area (Å²) < 4.78 is 17.0. The number of benzene rings is 3. The second kappa shape index (κ2) is 9.81. The summed E-state index contributed by atoms with van der Waals surface area (Å²) in [5, 5.41) is 1.11. The molecule has 0 amide bonds. The Kier molecular flexibility index (Phi) is 6.86. The van der Waals surface area contributed by atoms with E-state index in [1.165, 1.54) is 0 Å². The lowest BCUT2D eigenvalue weighted by atomic mass is 9.99. The highest BCUT2D eigenvalue weighted by atomic mass is 79.9. The Morgan fingerprint density at radius 2 is 1.85 bits per heavy atom. The zero-order chi connectivity index (χ0) is 23.5. The first-order chi connectivity index (χ1) is 15.9. The zero-order valence-electron chi connectivity index (χ0n) is 18.0. The third-order valence-corrected chi connectivity index (χ3v) is 6.15. The van der Waals surface area contributed by atoms with Crippen molar-refractivity contribution in [2.75, 3.05) is 7.11 Å². The zero-order valence-corrected chi connectivity index (χ0v) is 20.3. The van der Waals surface area contributed by atoms with E-state index in [0.717, 1.165) is 21.3 Å². The van der Waals surface area contributed by atoms with Gasteiger partial charge in [-0.2, -0.15) is 0 Å². The summed E-state index contributed by atoms with van der Waals surface area (Å²) in [6.07, 6.45) is 0.560. The van der Waals surface area contributed by atoms with E-state index in [-0.39, 0.29) is 12.2 Å². The lowest BCUT2D eigenvalue weighted by Gasteiger charge is -2.13. The van der Waals surface area contributed by atoms with Crippen molar-refractivity contribution in [2.24, 2.45) is 0 Å². The quantitative estimate of drug-likeness (QED) is 0.205. The van der Waals surface area contributed by atoms with Gasteiger partial charge in [0.05, 0.1) is 7.11 Å². The summed E-state index contributed by atoms with van der Waals surface area (Å²) in [6.45, 7) is 1.86. The molecule has 0 saturated carbocycles. The average molecular weight is 528 g/mol. The van der Waals surface area contributed by atoms with Gasteiger partial charge in [-0.15, -0.1) is 0 Å². The highest BCUT2D eigenvalue weighted by Gasteiger charge is 2.21. The molecule has 1 aromatic heterocycles. The number of fused-ring (bicyclic) bond motifs is 1. The number of esters is 1. The summed E-state index contributed by atoms with van der Waals surface area (Å²) in [7, 11) is 1.60. The number of hydrogen-bond acceptors (Lipinski definition) is 5. The minimum Gasteiger partial charge on any atom is -0.497 e. The first-order valence-electron chi connectivity index (χ1n) is 10.2. The van der Waals surface area contributed by atoms with Crippen LogP contribution in [-0.4, -0.2) is 13.1 Å². The van der Waals surface area contributed by atoms with Gasteiger partial charge >= 0.3 is 11.6 Å². The number of aryl methyl sites for hydroxylation is 2. The molecule has 168 valence electrons. The van der Waals surface area contributed by atoms with Crippen molar-refractivity contribution < 1.29 is 18.7 Å². The highest BCUT2D eigenvalue weighted by Crippen LogP contribution is 2.38. The fraction of sp³-hybridized carbons (Fsp3) is 0.154. The minimum absolute atomic E-state index is 0.0986. The maximum atomic E-state index is 12.9. The minimum atomic E-state index is -0.741. The summed E-state index contributed by atoms with van der Waals surface area (Å²) in [5.74, 6) is 0.0746. The molecule has 1 heterocycles. The third-order valence-electron chi connectivity index (χ3n) is 5.25. The first kappa shape index (κ1) is 23.1. The van der Waals surface area contributed by atoms with Gasteiger partial charge in [0.25, 0.3) is 0 Å². The van der Waals surface area contributed by atoms with Crippen LogP contribution in [0.15, 0.2) is 74.3 Å². The van der Waals surface area contributed by atoms with Gasteiger partial charge < -0.3 is 13.9 Å². The molecule has 0 fully saturated rings. The van der Waals surface area contributed by atoms with E-state index in [9.17, 15) is 9.59 Å². The first-order valence-corrected chi connectivity index (χ1v) is 11.4. The molecule has 0 aliphatic heterocycles. The fourth-order valence-corrected chi connectivity index (χ4v) is 4.09. The van der Waals surface area contributed by atoms with Crippen molar-refractivity contribution in [3.8, 4) is 22.6 Å². The SMILES string of the molecule is COc1ccc(CCC(=O)Oc2c(-c3cccc(Br)c3)c3cc(C)c(Cl)cc3oc2=O)cc1. The third kappa shape index (κ3) is 5.13. The molecular weight excluding hydrogens is 508 g/mol. The van der Waals surface area contributed by atoms with Gasteiger partial charge in [0.1, 0.15) is 11.3 Å². The number of carbonyl (C=O) groups is 1. The van der Waals surface area contributed by atoms with Crippen LogP contribution < -0.4 is 15.1 Å². The summed E-state index contributed by atoms with van der Waals surface area (Å²) in [4.78, 5) is 25.6. The summed E-state index contributed by atoms with van der Waals surface area (Å²) in [6, 6.07) is 18.3. The van der Waals surface area contributed by atoms with Crippen molar-refractivity contribution in [3.63, 3.8) is 0 Å². The van der Waals surface area contributed by atoms with Crippen molar-refractivity contribution >= 4 is 44.5 Å². The molecule has 0 bridgehead atoms. The van der Waals surface area contributed by atoms with Crippen LogP contribution in [0.4, 0.5) is 0 Å². The molecule has 7 heteroatoms. The van der Waals surface area contributed by atoms with E-state index in [1.54, 1.807) is 13.2 Å². The van der Waals surface area contributed by atoms with Crippen molar-refractivity contribution in [2.45, 2.75) is 19.8 Å². The number of rotatable bonds is 6. The topological polar surface area (TPSA) is 65.7 Å². The van der Waals surface area contributed by atoms with Gasteiger partial charge in [-0.05, 0) is 60.4 Å². The lowest BCUT2D eigenvalue weighted by molar-refractivity contribution is -0.134. The molecule has 33 heavy (non-hydrogen) atoms. The van der Waals surface area contributed by atoms with Crippen LogP contribution >= 0.6 is 27.5 Å². The second-order valence-corrected chi connectivity index (χ2v) is 8.85. The van der Waals surface area contributed by atoms with Crippen LogP contribution in [0.3, 0.4) is 0 Å². The Labute approximate surface area is 204 Å². The smallest absolute Gasteiger partial charge is 0.380 e. The Bertz CT molecular complexity index is 1390. The highest BCUT2D eigenvalue weighted by molar-refractivity contribution is 9.10. The van der Waals surface area contributed by atoms with Crippen LogP contribution in [0.25, 0.3) is 22.1 Å². The number of carbonyl (C=O) groups excluding carboxylic acids is 1. The van der Waals surface area contributed by atoms with Gasteiger partial charge in [0, 0.05) is 32.9 Å². The fourth-order valence-electron chi connectivity index (χ4n) is 3.54. The Hall–Kier alpha value is -3.09. The number of hydrogen-bond donors (Lipinski definition) is 0. The van der Waals surface area contributed by atoms with Gasteiger partial charge in [-0.1, -0.05) is 51.8 Å². The molecule has 4 aromatic rings. The Morgan fingerprint density at radius 1 is 1.09 bits per heavy atom. The number of ether oxygens (including phenoxy) is 2. The lowest BCUT2D eigenvalue weighted by Crippen LogP contribution is -2.16. The molecule has 3 aromatic carbocycles. The van der Waals surface area contributed by atoms with Crippen molar-refractivity contribution in [3.05, 3.63) is 91.7 Å². The second-order valence-electron chi connectivity index (χ2n) is 7.52. The maximum Gasteiger partial charge on any atom is 0.380 e.